The van der Waals surface area contributed by atoms with E-state index in [9.17, 15) is 9.59 Å². The maximum Gasteiger partial charge on any atom is 0.253 e. The fraction of sp³-hybridized carbons (Fsp3) is 0.579. The van der Waals surface area contributed by atoms with E-state index >= 15 is 0 Å². The zero-order chi connectivity index (χ0) is 18.2. The Balaban J connectivity index is 1.84. The maximum absolute atomic E-state index is 12.6. The number of amides is 2. The number of rotatable bonds is 7. The Labute approximate surface area is 149 Å². The number of piperidine rings is 1. The average Bonchev–Trinajstić information content (AvgIpc) is 2.62. The lowest BCUT2D eigenvalue weighted by atomic mass is 10.1. The fourth-order valence-corrected chi connectivity index (χ4v) is 2.72. The van der Waals surface area contributed by atoms with Gasteiger partial charge in [-0.25, -0.2) is 0 Å². The highest BCUT2D eigenvalue weighted by Crippen LogP contribution is 2.18. The molecular weight excluding hydrogens is 318 g/mol. The van der Waals surface area contributed by atoms with Gasteiger partial charge in [-0.15, -0.1) is 0 Å². The summed E-state index contributed by atoms with van der Waals surface area (Å²) in [6, 6.07) is 7.08. The monoisotopic (exact) mass is 347 g/mol. The van der Waals surface area contributed by atoms with Crippen LogP contribution in [0.15, 0.2) is 24.3 Å². The van der Waals surface area contributed by atoms with Gasteiger partial charge in [-0.2, -0.15) is 0 Å². The van der Waals surface area contributed by atoms with Gasteiger partial charge in [-0.3, -0.25) is 9.59 Å². The molecule has 1 aliphatic rings. The summed E-state index contributed by atoms with van der Waals surface area (Å²) < 4.78 is 5.77. The van der Waals surface area contributed by atoms with E-state index in [1.54, 1.807) is 24.3 Å². The number of carbonyl (C=O) groups is 2. The van der Waals surface area contributed by atoms with Crippen molar-refractivity contribution < 1.29 is 14.3 Å². The molecule has 0 unspecified atom stereocenters. The molecule has 0 bridgehead atoms. The molecule has 0 radical (unpaired) electrons. The van der Waals surface area contributed by atoms with E-state index in [2.05, 4.69) is 5.32 Å². The summed E-state index contributed by atoms with van der Waals surface area (Å²) in [6.07, 6.45) is 2.82. The Bertz CT molecular complexity index is 564. The largest absolute Gasteiger partial charge is 0.378 e. The highest BCUT2D eigenvalue weighted by atomic mass is 16.5. The zero-order valence-corrected chi connectivity index (χ0v) is 15.2. The minimum Gasteiger partial charge on any atom is -0.378 e. The van der Waals surface area contributed by atoms with E-state index in [4.69, 9.17) is 10.5 Å². The van der Waals surface area contributed by atoms with Crippen LogP contribution in [0.4, 0.5) is 5.69 Å². The molecule has 1 aromatic carbocycles. The van der Waals surface area contributed by atoms with Gasteiger partial charge in [0.1, 0.15) is 0 Å². The van der Waals surface area contributed by atoms with Gasteiger partial charge in [-0.1, -0.05) is 13.8 Å². The first-order valence-corrected chi connectivity index (χ1v) is 9.03. The SMILES string of the molecule is CC(C)C(=O)Nc1ccc(C(=O)N2CCC(OCCCN)CC2)cc1. The number of carbonyl (C=O) groups excluding carboxylic acids is 2. The number of ether oxygens (including phenoxy) is 1. The van der Waals surface area contributed by atoms with Crippen molar-refractivity contribution >= 4 is 17.5 Å². The Hall–Kier alpha value is -1.92. The molecule has 3 N–H and O–H groups in total. The molecule has 1 saturated heterocycles. The second-order valence-corrected chi connectivity index (χ2v) is 6.73. The summed E-state index contributed by atoms with van der Waals surface area (Å²) in [5, 5.41) is 2.83. The minimum atomic E-state index is -0.0744. The summed E-state index contributed by atoms with van der Waals surface area (Å²) in [5.74, 6) is -0.0763. The summed E-state index contributed by atoms with van der Waals surface area (Å²) in [5.41, 5.74) is 6.82. The molecule has 1 aliphatic heterocycles. The molecule has 6 nitrogen and oxygen atoms in total. The summed E-state index contributed by atoms with van der Waals surface area (Å²) in [6.45, 7) is 6.44. The van der Waals surface area contributed by atoms with Crippen molar-refractivity contribution in [3.63, 3.8) is 0 Å². The maximum atomic E-state index is 12.6. The first-order chi connectivity index (χ1) is 12.0. The molecule has 2 amide bonds. The van der Waals surface area contributed by atoms with Gasteiger partial charge >= 0.3 is 0 Å². The molecule has 1 fully saturated rings. The zero-order valence-electron chi connectivity index (χ0n) is 15.2. The van der Waals surface area contributed by atoms with Crippen LogP contribution in [0, 0.1) is 5.92 Å². The number of benzene rings is 1. The smallest absolute Gasteiger partial charge is 0.253 e. The molecule has 0 atom stereocenters. The van der Waals surface area contributed by atoms with Crippen LogP contribution in [0.2, 0.25) is 0 Å². The molecule has 0 spiro atoms. The topological polar surface area (TPSA) is 84.7 Å². The highest BCUT2D eigenvalue weighted by Gasteiger charge is 2.24. The summed E-state index contributed by atoms with van der Waals surface area (Å²) in [4.78, 5) is 26.2. The lowest BCUT2D eigenvalue weighted by Gasteiger charge is -2.32. The van der Waals surface area contributed by atoms with Gasteiger partial charge in [-0.05, 0) is 50.1 Å². The third-order valence-corrected chi connectivity index (χ3v) is 4.35. The quantitative estimate of drug-likeness (QED) is 0.741. The fourth-order valence-electron chi connectivity index (χ4n) is 2.72. The van der Waals surface area contributed by atoms with Gasteiger partial charge in [0.15, 0.2) is 0 Å². The van der Waals surface area contributed by atoms with Crippen LogP contribution in [0.5, 0.6) is 0 Å². The molecule has 2 rings (SSSR count). The van der Waals surface area contributed by atoms with Crippen LogP contribution in [0.1, 0.15) is 43.5 Å². The average molecular weight is 347 g/mol. The van der Waals surface area contributed by atoms with Crippen LogP contribution >= 0.6 is 0 Å². The summed E-state index contributed by atoms with van der Waals surface area (Å²) >= 11 is 0. The Morgan fingerprint density at radius 2 is 1.88 bits per heavy atom. The molecule has 6 heteroatoms. The predicted molar refractivity (Wildman–Crippen MR) is 98.5 cm³/mol. The van der Waals surface area contributed by atoms with E-state index in [0.29, 0.717) is 37.5 Å². The first-order valence-electron chi connectivity index (χ1n) is 9.03. The highest BCUT2D eigenvalue weighted by molar-refractivity contribution is 5.96. The van der Waals surface area contributed by atoms with E-state index in [1.165, 1.54) is 0 Å². The van der Waals surface area contributed by atoms with Crippen molar-refractivity contribution in [3.05, 3.63) is 29.8 Å². The van der Waals surface area contributed by atoms with Gasteiger partial charge in [0.05, 0.1) is 6.10 Å². The number of nitrogens with zero attached hydrogens (tertiary/aromatic N) is 1. The first kappa shape index (κ1) is 19.4. The molecule has 25 heavy (non-hydrogen) atoms. The van der Waals surface area contributed by atoms with Crippen molar-refractivity contribution in [3.8, 4) is 0 Å². The molecule has 1 heterocycles. The summed E-state index contributed by atoms with van der Waals surface area (Å²) in [7, 11) is 0. The van der Waals surface area contributed by atoms with Gasteiger partial charge < -0.3 is 20.7 Å². The van der Waals surface area contributed by atoms with E-state index in [1.807, 2.05) is 18.7 Å². The molecule has 1 aromatic rings. The second-order valence-electron chi connectivity index (χ2n) is 6.73. The van der Waals surface area contributed by atoms with Crippen molar-refractivity contribution in [1.82, 2.24) is 4.90 Å². The van der Waals surface area contributed by atoms with Gasteiger partial charge in [0.2, 0.25) is 5.91 Å². The molecule has 0 aromatic heterocycles. The number of hydrogen-bond acceptors (Lipinski definition) is 4. The van der Waals surface area contributed by atoms with Gasteiger partial charge in [0.25, 0.3) is 5.91 Å². The number of likely N-dealkylation sites (tertiary alicyclic amines) is 1. The molecule has 138 valence electrons. The lowest BCUT2D eigenvalue weighted by molar-refractivity contribution is -0.118. The Kier molecular flexibility index (Phi) is 7.40. The van der Waals surface area contributed by atoms with Crippen LogP contribution < -0.4 is 11.1 Å². The molecular formula is C19H29N3O3. The molecule has 0 saturated carbocycles. The number of anilines is 1. The minimum absolute atomic E-state index is 0.0298. The van der Waals surface area contributed by atoms with Crippen molar-refractivity contribution in [2.45, 2.75) is 39.2 Å². The van der Waals surface area contributed by atoms with Crippen molar-refractivity contribution in [1.29, 1.82) is 0 Å². The predicted octanol–water partition coefficient (Wildman–Crippen LogP) is 2.25. The van der Waals surface area contributed by atoms with Crippen LogP contribution in [0.3, 0.4) is 0 Å². The second kappa shape index (κ2) is 9.53. The standard InChI is InChI=1S/C19H29N3O3/c1-14(2)18(23)21-16-6-4-15(5-7-16)19(24)22-11-8-17(9-12-22)25-13-3-10-20/h4-7,14,17H,3,8-13,20H2,1-2H3,(H,21,23). The van der Waals surface area contributed by atoms with E-state index in [-0.39, 0.29) is 23.8 Å². The van der Waals surface area contributed by atoms with Gasteiger partial charge in [0, 0.05) is 36.9 Å². The third kappa shape index (κ3) is 5.83. The number of nitrogens with one attached hydrogen (secondary N) is 1. The third-order valence-electron chi connectivity index (χ3n) is 4.35. The van der Waals surface area contributed by atoms with Crippen LogP contribution in [-0.4, -0.2) is 49.1 Å². The van der Waals surface area contributed by atoms with E-state index in [0.717, 1.165) is 19.3 Å². The van der Waals surface area contributed by atoms with Crippen LogP contribution in [-0.2, 0) is 9.53 Å². The lowest BCUT2D eigenvalue weighted by Crippen LogP contribution is -2.41. The number of hydrogen-bond donors (Lipinski definition) is 2. The van der Waals surface area contributed by atoms with E-state index < -0.39 is 0 Å². The number of nitrogens with two attached hydrogens (primary N) is 1. The van der Waals surface area contributed by atoms with Crippen LogP contribution in [0.25, 0.3) is 0 Å². The Morgan fingerprint density at radius 3 is 2.44 bits per heavy atom. The molecule has 0 aliphatic carbocycles. The van der Waals surface area contributed by atoms with Crippen molar-refractivity contribution in [2.24, 2.45) is 11.7 Å². The Morgan fingerprint density at radius 1 is 1.24 bits per heavy atom. The van der Waals surface area contributed by atoms with Crippen molar-refractivity contribution in [2.75, 3.05) is 31.6 Å². The normalized spacial score (nSPS) is 15.4.